The SMILES string of the molecule is N#Cc1ccc(N(CCOc2ccc(C(O)(C(F)(F)F)C(F)(F)F)cc2)CC(F)(F)F)cc1C(F)(F)F. The summed E-state index contributed by atoms with van der Waals surface area (Å²) in [6.45, 7) is -3.16. The van der Waals surface area contributed by atoms with Crippen LogP contribution in [0.2, 0.25) is 0 Å². The highest BCUT2D eigenvalue weighted by Crippen LogP contribution is 2.50. The maximum Gasteiger partial charge on any atom is 0.430 e. The third kappa shape index (κ3) is 6.90. The number of hydrogen-bond acceptors (Lipinski definition) is 4. The smallest absolute Gasteiger partial charge is 0.430 e. The first-order valence-electron chi connectivity index (χ1n) is 9.73. The van der Waals surface area contributed by atoms with Gasteiger partial charge in [-0.25, -0.2) is 0 Å². The van der Waals surface area contributed by atoms with Crippen LogP contribution in [0.3, 0.4) is 0 Å². The molecule has 0 spiro atoms. The molecule has 37 heavy (non-hydrogen) atoms. The number of halogens is 12. The Morgan fingerprint density at radius 3 is 1.78 bits per heavy atom. The van der Waals surface area contributed by atoms with Gasteiger partial charge >= 0.3 is 24.7 Å². The minimum absolute atomic E-state index is 0.250. The Bertz CT molecular complexity index is 1100. The number of nitriles is 1. The first kappa shape index (κ1) is 29.9. The summed E-state index contributed by atoms with van der Waals surface area (Å²) in [5.74, 6) is -0.404. The van der Waals surface area contributed by atoms with E-state index in [4.69, 9.17) is 10.00 Å². The number of alkyl halides is 12. The summed E-state index contributed by atoms with van der Waals surface area (Å²) in [6.07, 6.45) is -22.2. The minimum atomic E-state index is -6.14. The van der Waals surface area contributed by atoms with Crippen LogP contribution in [0.25, 0.3) is 0 Å². The van der Waals surface area contributed by atoms with Crippen molar-refractivity contribution in [3.05, 3.63) is 59.2 Å². The Kier molecular flexibility index (Phi) is 8.23. The van der Waals surface area contributed by atoms with E-state index < -0.39 is 78.1 Å². The largest absolute Gasteiger partial charge is 0.492 e. The van der Waals surface area contributed by atoms with Gasteiger partial charge in [-0.3, -0.25) is 0 Å². The van der Waals surface area contributed by atoms with Crippen LogP contribution in [-0.2, 0) is 11.8 Å². The van der Waals surface area contributed by atoms with E-state index in [0.29, 0.717) is 29.2 Å². The van der Waals surface area contributed by atoms with Gasteiger partial charge in [-0.1, -0.05) is 12.1 Å². The van der Waals surface area contributed by atoms with E-state index in [2.05, 4.69) is 0 Å². The van der Waals surface area contributed by atoms with Crippen LogP contribution in [0, 0.1) is 11.3 Å². The summed E-state index contributed by atoms with van der Waals surface area (Å²) in [5, 5.41) is 18.2. The number of hydrogen-bond donors (Lipinski definition) is 1. The molecular formula is C21H14F12N2O2. The van der Waals surface area contributed by atoms with E-state index in [1.807, 2.05) is 0 Å². The Morgan fingerprint density at radius 1 is 0.811 bits per heavy atom. The minimum Gasteiger partial charge on any atom is -0.492 e. The fraction of sp³-hybridized carbons (Fsp3) is 0.381. The second kappa shape index (κ2) is 10.2. The van der Waals surface area contributed by atoms with Crippen LogP contribution >= 0.6 is 0 Å². The lowest BCUT2D eigenvalue weighted by atomic mass is 9.92. The number of benzene rings is 2. The molecule has 0 atom stereocenters. The third-order valence-electron chi connectivity index (χ3n) is 4.89. The van der Waals surface area contributed by atoms with Crippen LogP contribution in [0.15, 0.2) is 42.5 Å². The maximum atomic E-state index is 13.2. The van der Waals surface area contributed by atoms with Crippen molar-refractivity contribution in [2.45, 2.75) is 30.3 Å². The number of ether oxygens (including phenoxy) is 1. The van der Waals surface area contributed by atoms with Gasteiger partial charge < -0.3 is 14.7 Å². The molecule has 2 rings (SSSR count). The summed E-state index contributed by atoms with van der Waals surface area (Å²) < 4.78 is 161. The van der Waals surface area contributed by atoms with E-state index >= 15 is 0 Å². The monoisotopic (exact) mass is 554 g/mol. The first-order chi connectivity index (χ1) is 16.7. The lowest BCUT2D eigenvalue weighted by molar-refractivity contribution is -0.376. The van der Waals surface area contributed by atoms with E-state index in [1.165, 1.54) is 6.07 Å². The maximum absolute atomic E-state index is 13.2. The second-order valence-electron chi connectivity index (χ2n) is 7.45. The van der Waals surface area contributed by atoms with Crippen molar-refractivity contribution in [1.82, 2.24) is 0 Å². The van der Waals surface area contributed by atoms with Gasteiger partial charge in [0.05, 0.1) is 23.7 Å². The van der Waals surface area contributed by atoms with E-state index in [1.54, 1.807) is 0 Å². The molecule has 0 saturated carbocycles. The van der Waals surface area contributed by atoms with Gasteiger partial charge in [0.2, 0.25) is 0 Å². The van der Waals surface area contributed by atoms with Crippen molar-refractivity contribution >= 4 is 5.69 Å². The summed E-state index contributed by atoms with van der Waals surface area (Å²) in [7, 11) is 0. The van der Waals surface area contributed by atoms with Gasteiger partial charge in [-0.2, -0.15) is 57.9 Å². The molecule has 0 aromatic heterocycles. The molecule has 204 valence electrons. The summed E-state index contributed by atoms with van der Waals surface area (Å²) >= 11 is 0. The zero-order valence-electron chi connectivity index (χ0n) is 17.9. The van der Waals surface area contributed by atoms with E-state index in [9.17, 15) is 57.8 Å². The fourth-order valence-corrected chi connectivity index (χ4v) is 3.13. The molecule has 4 nitrogen and oxygen atoms in total. The van der Waals surface area contributed by atoms with Crippen LogP contribution in [-0.4, -0.2) is 43.3 Å². The van der Waals surface area contributed by atoms with Crippen LogP contribution in [0.4, 0.5) is 58.4 Å². The lowest BCUT2D eigenvalue weighted by Gasteiger charge is -2.32. The second-order valence-corrected chi connectivity index (χ2v) is 7.45. The van der Waals surface area contributed by atoms with Gasteiger partial charge in [0.15, 0.2) is 0 Å². The third-order valence-corrected chi connectivity index (χ3v) is 4.89. The molecule has 0 heterocycles. The molecule has 0 saturated heterocycles. The molecular weight excluding hydrogens is 540 g/mol. The Morgan fingerprint density at radius 2 is 1.35 bits per heavy atom. The highest BCUT2D eigenvalue weighted by Gasteiger charge is 2.71. The molecule has 16 heteroatoms. The number of aliphatic hydroxyl groups is 1. The molecule has 0 fully saturated rings. The Labute approximate surface area is 200 Å². The quantitative estimate of drug-likeness (QED) is 0.407. The molecule has 0 aliphatic carbocycles. The first-order valence-corrected chi connectivity index (χ1v) is 9.73. The molecule has 0 aliphatic heterocycles. The molecule has 2 aromatic rings. The predicted molar refractivity (Wildman–Crippen MR) is 102 cm³/mol. The van der Waals surface area contributed by atoms with Crippen LogP contribution in [0.1, 0.15) is 16.7 Å². The zero-order chi connectivity index (χ0) is 28.4. The molecule has 0 bridgehead atoms. The summed E-state index contributed by atoms with van der Waals surface area (Å²) in [5.41, 5.74) is -9.71. The van der Waals surface area contributed by atoms with Crippen molar-refractivity contribution in [2.24, 2.45) is 0 Å². The lowest BCUT2D eigenvalue weighted by Crippen LogP contribution is -2.53. The van der Waals surface area contributed by atoms with E-state index in [-0.39, 0.29) is 12.1 Å². The molecule has 0 radical (unpaired) electrons. The van der Waals surface area contributed by atoms with Gasteiger partial charge in [0, 0.05) is 11.3 Å². The van der Waals surface area contributed by atoms with Crippen molar-refractivity contribution in [3.8, 4) is 11.8 Å². The fourth-order valence-electron chi connectivity index (χ4n) is 3.13. The molecule has 0 aliphatic rings. The van der Waals surface area contributed by atoms with Gasteiger partial charge in [-0.15, -0.1) is 0 Å². The Balaban J connectivity index is 2.25. The average molecular weight is 554 g/mol. The summed E-state index contributed by atoms with van der Waals surface area (Å²) in [6, 6.07) is 4.79. The molecule has 2 aromatic carbocycles. The summed E-state index contributed by atoms with van der Waals surface area (Å²) in [4.78, 5) is 0.427. The number of nitrogens with zero attached hydrogens (tertiary/aromatic N) is 2. The highest BCUT2D eigenvalue weighted by molar-refractivity contribution is 5.55. The highest BCUT2D eigenvalue weighted by atomic mass is 19.4. The normalized spacial score (nSPS) is 13.3. The standard InChI is InChI=1S/C21H14F12N2O2/c22-17(23,24)11-35(14-4-1-12(10-34)16(9-14)19(25,26)27)7-8-37-15-5-2-13(3-6-15)18(36,20(28,29)30)21(31,32)33/h1-6,9,36H,7-8,11H2. The Hall–Kier alpha value is -3.35. The van der Waals surface area contributed by atoms with E-state index in [0.717, 1.165) is 6.07 Å². The van der Waals surface area contributed by atoms with Crippen molar-refractivity contribution in [3.63, 3.8) is 0 Å². The van der Waals surface area contributed by atoms with Crippen molar-refractivity contribution in [2.75, 3.05) is 24.6 Å². The predicted octanol–water partition coefficient (Wildman–Crippen LogP) is 6.34. The number of anilines is 1. The van der Waals surface area contributed by atoms with Gasteiger partial charge in [-0.05, 0) is 30.3 Å². The molecule has 1 N–H and O–H groups in total. The van der Waals surface area contributed by atoms with Crippen LogP contribution in [0.5, 0.6) is 5.75 Å². The van der Waals surface area contributed by atoms with Crippen molar-refractivity contribution in [1.29, 1.82) is 5.26 Å². The topological polar surface area (TPSA) is 56.5 Å². The van der Waals surface area contributed by atoms with Crippen LogP contribution < -0.4 is 9.64 Å². The van der Waals surface area contributed by atoms with Gasteiger partial charge in [0.25, 0.3) is 5.60 Å². The van der Waals surface area contributed by atoms with Gasteiger partial charge in [0.1, 0.15) is 18.9 Å². The zero-order valence-corrected chi connectivity index (χ0v) is 17.9. The average Bonchev–Trinajstić information content (AvgIpc) is 2.75. The van der Waals surface area contributed by atoms with Crippen molar-refractivity contribution < 1.29 is 62.5 Å². The number of rotatable bonds is 7. The molecule has 0 amide bonds. The molecule has 0 unspecified atom stereocenters.